The number of anilines is 1. The largest absolute Gasteiger partial charge is 0.322 e. The molecule has 9 heteroatoms. The quantitative estimate of drug-likeness (QED) is 0.708. The van der Waals surface area contributed by atoms with E-state index >= 15 is 0 Å². The van der Waals surface area contributed by atoms with Crippen molar-refractivity contribution in [1.82, 2.24) is 14.2 Å². The molecule has 162 valence electrons. The minimum absolute atomic E-state index is 0.0332. The van der Waals surface area contributed by atoms with Crippen LogP contribution in [-0.2, 0) is 20.2 Å². The number of nitrogens with zero attached hydrogens (tertiary/aromatic N) is 3. The fourth-order valence-electron chi connectivity index (χ4n) is 3.28. The first-order valence-electron chi connectivity index (χ1n) is 9.81. The Kier molecular flexibility index (Phi) is 6.81. The number of halogens is 1. The molecule has 1 saturated heterocycles. The molecule has 30 heavy (non-hydrogen) atoms. The van der Waals surface area contributed by atoms with Crippen LogP contribution in [0.4, 0.5) is 5.69 Å². The molecular weight excluding hydrogens is 424 g/mol. The second kappa shape index (κ2) is 9.01. The van der Waals surface area contributed by atoms with E-state index in [4.69, 9.17) is 11.6 Å². The third-order valence-electron chi connectivity index (χ3n) is 5.09. The molecule has 1 aliphatic rings. The number of carbonyl (C=O) groups excluding carboxylic acids is 1. The molecule has 3 rings (SSSR count). The molecule has 7 nitrogen and oxygen atoms in total. The molecule has 1 amide bonds. The van der Waals surface area contributed by atoms with Crippen molar-refractivity contribution in [2.45, 2.75) is 31.1 Å². The maximum Gasteiger partial charge on any atom is 0.243 e. The molecule has 1 fully saturated rings. The van der Waals surface area contributed by atoms with E-state index in [2.05, 4.69) is 31.1 Å². The van der Waals surface area contributed by atoms with E-state index in [1.807, 2.05) is 17.0 Å². The third-order valence-corrected chi connectivity index (χ3v) is 7.30. The average molecular weight is 451 g/mol. The van der Waals surface area contributed by atoms with Gasteiger partial charge in [-0.1, -0.05) is 44.5 Å². The van der Waals surface area contributed by atoms with Gasteiger partial charge in [0, 0.05) is 32.4 Å². The molecule has 0 unspecified atom stereocenters. The van der Waals surface area contributed by atoms with E-state index < -0.39 is 10.0 Å². The van der Waals surface area contributed by atoms with Gasteiger partial charge in [0.05, 0.1) is 17.1 Å². The molecular formula is C21H27ClN4O3S. The summed E-state index contributed by atoms with van der Waals surface area (Å²) >= 11 is 5.96. The first-order valence-corrected chi connectivity index (χ1v) is 11.6. The van der Waals surface area contributed by atoms with E-state index in [0.717, 1.165) is 5.56 Å². The zero-order chi connectivity index (χ0) is 21.9. The van der Waals surface area contributed by atoms with Crippen molar-refractivity contribution >= 4 is 33.2 Å². The molecule has 0 saturated carbocycles. The summed E-state index contributed by atoms with van der Waals surface area (Å²) in [7, 11) is -3.55. The van der Waals surface area contributed by atoms with Crippen molar-refractivity contribution in [3.63, 3.8) is 0 Å². The van der Waals surface area contributed by atoms with Crippen molar-refractivity contribution in [2.24, 2.45) is 0 Å². The summed E-state index contributed by atoms with van der Waals surface area (Å²) in [6, 6.07) is 10.5. The van der Waals surface area contributed by atoms with Crippen LogP contribution in [0, 0.1) is 0 Å². The Labute approximate surface area is 183 Å². The van der Waals surface area contributed by atoms with E-state index in [0.29, 0.717) is 36.8 Å². The minimum Gasteiger partial charge on any atom is -0.322 e. The molecule has 0 spiro atoms. The highest BCUT2D eigenvalue weighted by molar-refractivity contribution is 7.89. The topological polar surface area (TPSA) is 82.6 Å². The summed E-state index contributed by atoms with van der Waals surface area (Å²) in [6.07, 6.45) is 1.55. The number of hydrogen-bond donors (Lipinski definition) is 1. The third kappa shape index (κ3) is 5.37. The lowest BCUT2D eigenvalue weighted by Gasteiger charge is -2.33. The number of piperazine rings is 1. The van der Waals surface area contributed by atoms with Gasteiger partial charge < -0.3 is 5.32 Å². The minimum atomic E-state index is -3.55. The highest BCUT2D eigenvalue weighted by atomic mass is 35.5. The molecule has 0 bridgehead atoms. The first-order chi connectivity index (χ1) is 14.1. The molecule has 1 N–H and O–H groups in total. The van der Waals surface area contributed by atoms with Gasteiger partial charge in [-0.3, -0.25) is 9.69 Å². The number of hydrogen-bond acceptors (Lipinski definition) is 5. The summed E-state index contributed by atoms with van der Waals surface area (Å²) in [6.45, 7) is 8.07. The zero-order valence-corrected chi connectivity index (χ0v) is 19.0. The number of amides is 1. The lowest BCUT2D eigenvalue weighted by Crippen LogP contribution is -2.50. The Morgan fingerprint density at radius 2 is 1.73 bits per heavy atom. The van der Waals surface area contributed by atoms with Gasteiger partial charge in [0.1, 0.15) is 0 Å². The van der Waals surface area contributed by atoms with Gasteiger partial charge in [0.15, 0.2) is 5.15 Å². The van der Waals surface area contributed by atoms with Crippen molar-refractivity contribution in [2.75, 3.05) is 38.0 Å². The zero-order valence-electron chi connectivity index (χ0n) is 17.4. The van der Waals surface area contributed by atoms with Gasteiger partial charge in [0.25, 0.3) is 0 Å². The second-order valence-corrected chi connectivity index (χ2v) is 10.6. The number of benzene rings is 1. The van der Waals surface area contributed by atoms with Crippen LogP contribution in [0.25, 0.3) is 0 Å². The lowest BCUT2D eigenvalue weighted by atomic mass is 9.87. The van der Waals surface area contributed by atoms with Gasteiger partial charge in [-0.15, -0.1) is 0 Å². The number of pyridine rings is 1. The van der Waals surface area contributed by atoms with E-state index in [1.165, 1.54) is 4.31 Å². The Balaban J connectivity index is 1.56. The standard InChI is InChI=1S/C21H27ClN4O3S/c1-21(2,3)16-6-8-17(9-7-16)30(28,29)26-13-11-25(12-14-26)15-19(27)24-18-5-4-10-23-20(18)22/h4-10H,11-15H2,1-3H3,(H,24,27). The van der Waals surface area contributed by atoms with Gasteiger partial charge >= 0.3 is 0 Å². The molecule has 1 aromatic heterocycles. The SMILES string of the molecule is CC(C)(C)c1ccc(S(=O)(=O)N2CCN(CC(=O)Nc3cccnc3Cl)CC2)cc1. The van der Waals surface area contributed by atoms with Crippen LogP contribution in [0.15, 0.2) is 47.5 Å². The molecule has 0 radical (unpaired) electrons. The Bertz CT molecular complexity index is 996. The van der Waals surface area contributed by atoms with Crippen LogP contribution in [0.5, 0.6) is 0 Å². The number of aromatic nitrogens is 1. The first kappa shape index (κ1) is 22.7. The molecule has 2 heterocycles. The van der Waals surface area contributed by atoms with Gasteiger partial charge in [0.2, 0.25) is 15.9 Å². The summed E-state index contributed by atoms with van der Waals surface area (Å²) in [5.41, 5.74) is 1.52. The lowest BCUT2D eigenvalue weighted by molar-refractivity contribution is -0.117. The van der Waals surface area contributed by atoms with Crippen LogP contribution in [-0.4, -0.2) is 61.2 Å². The van der Waals surface area contributed by atoms with Crippen LogP contribution in [0.2, 0.25) is 5.15 Å². The fraction of sp³-hybridized carbons (Fsp3) is 0.429. The number of rotatable bonds is 5. The van der Waals surface area contributed by atoms with Gasteiger partial charge in [-0.25, -0.2) is 13.4 Å². The van der Waals surface area contributed by atoms with Crippen molar-refractivity contribution < 1.29 is 13.2 Å². The van der Waals surface area contributed by atoms with E-state index in [1.54, 1.807) is 30.5 Å². The highest BCUT2D eigenvalue weighted by Crippen LogP contribution is 2.25. The number of carbonyl (C=O) groups is 1. The maximum atomic E-state index is 13.0. The molecule has 1 aromatic carbocycles. The van der Waals surface area contributed by atoms with Crippen molar-refractivity contribution in [3.8, 4) is 0 Å². The molecule has 1 aliphatic heterocycles. The average Bonchev–Trinajstić information content (AvgIpc) is 2.69. The maximum absolute atomic E-state index is 13.0. The van der Waals surface area contributed by atoms with Crippen LogP contribution in [0.3, 0.4) is 0 Å². The van der Waals surface area contributed by atoms with Crippen LogP contribution in [0.1, 0.15) is 26.3 Å². The van der Waals surface area contributed by atoms with Gasteiger partial charge in [-0.05, 0) is 35.2 Å². The Hall–Kier alpha value is -2.00. The Morgan fingerprint density at radius 3 is 2.30 bits per heavy atom. The molecule has 0 atom stereocenters. The monoisotopic (exact) mass is 450 g/mol. The summed E-state index contributed by atoms with van der Waals surface area (Å²) < 4.78 is 27.4. The number of sulfonamides is 1. The summed E-state index contributed by atoms with van der Waals surface area (Å²) in [5, 5.41) is 2.97. The van der Waals surface area contributed by atoms with Crippen molar-refractivity contribution in [3.05, 3.63) is 53.3 Å². The predicted octanol–water partition coefficient (Wildman–Crippen LogP) is 2.98. The van der Waals surface area contributed by atoms with Crippen molar-refractivity contribution in [1.29, 1.82) is 0 Å². The van der Waals surface area contributed by atoms with Crippen LogP contribution >= 0.6 is 11.6 Å². The smallest absolute Gasteiger partial charge is 0.243 e. The van der Waals surface area contributed by atoms with Crippen LogP contribution < -0.4 is 5.32 Å². The van der Waals surface area contributed by atoms with Gasteiger partial charge in [-0.2, -0.15) is 4.31 Å². The summed E-state index contributed by atoms with van der Waals surface area (Å²) in [5.74, 6) is -0.209. The normalized spacial score (nSPS) is 16.4. The summed E-state index contributed by atoms with van der Waals surface area (Å²) in [4.78, 5) is 18.4. The number of nitrogens with one attached hydrogen (secondary N) is 1. The second-order valence-electron chi connectivity index (χ2n) is 8.34. The molecule has 0 aliphatic carbocycles. The Morgan fingerprint density at radius 1 is 1.10 bits per heavy atom. The molecule has 2 aromatic rings. The predicted molar refractivity (Wildman–Crippen MR) is 118 cm³/mol. The van der Waals surface area contributed by atoms with E-state index in [9.17, 15) is 13.2 Å². The highest BCUT2D eigenvalue weighted by Gasteiger charge is 2.29. The van der Waals surface area contributed by atoms with E-state index in [-0.39, 0.29) is 23.0 Å². The fourth-order valence-corrected chi connectivity index (χ4v) is 4.86.